The van der Waals surface area contributed by atoms with Gasteiger partial charge in [0.2, 0.25) is 0 Å². The third-order valence-corrected chi connectivity index (χ3v) is 7.00. The van der Waals surface area contributed by atoms with Crippen LogP contribution in [0.5, 0.6) is 11.5 Å². The average Bonchev–Trinajstić information content (AvgIpc) is 3.44. The molecule has 8 heteroatoms. The largest absolute Gasteiger partial charge is 0.493 e. The highest BCUT2D eigenvalue weighted by Gasteiger charge is 2.36. The first-order valence-corrected chi connectivity index (χ1v) is 11.7. The highest BCUT2D eigenvalue weighted by molar-refractivity contribution is 7.10. The van der Waals surface area contributed by atoms with Crippen molar-refractivity contribution in [1.29, 1.82) is 0 Å². The molecule has 3 heterocycles. The Hall–Kier alpha value is -3.26. The van der Waals surface area contributed by atoms with Crippen LogP contribution < -0.4 is 9.47 Å². The molecular weight excluding hydrogens is 440 g/mol. The van der Waals surface area contributed by atoms with Gasteiger partial charge in [0.05, 0.1) is 32.4 Å². The van der Waals surface area contributed by atoms with Crippen LogP contribution in [0.25, 0.3) is 0 Å². The van der Waals surface area contributed by atoms with Crippen LogP contribution in [0.3, 0.4) is 0 Å². The number of methoxy groups -OCH3 is 2. The Balaban J connectivity index is 1.79. The second kappa shape index (κ2) is 9.31. The van der Waals surface area contributed by atoms with Crippen LogP contribution in [0.4, 0.5) is 0 Å². The second-order valence-corrected chi connectivity index (χ2v) is 8.90. The van der Waals surface area contributed by atoms with E-state index in [-0.39, 0.29) is 18.6 Å². The molecule has 1 aromatic carbocycles. The summed E-state index contributed by atoms with van der Waals surface area (Å²) >= 11 is 1.61. The lowest BCUT2D eigenvalue weighted by atomic mass is 9.90. The molecule has 2 aromatic heterocycles. The minimum atomic E-state index is -0.418. The fraction of sp³-hybridized carbons (Fsp3) is 0.360. The average molecular weight is 469 g/mol. The van der Waals surface area contributed by atoms with E-state index in [1.807, 2.05) is 34.5 Å². The second-order valence-electron chi connectivity index (χ2n) is 7.92. The summed E-state index contributed by atoms with van der Waals surface area (Å²) in [5.74, 6) is 0.739. The molecule has 3 aromatic rings. The van der Waals surface area contributed by atoms with Gasteiger partial charge in [-0.1, -0.05) is 6.07 Å². The normalized spacial score (nSPS) is 15.2. The zero-order chi connectivity index (χ0) is 23.7. The molecule has 0 fully saturated rings. The van der Waals surface area contributed by atoms with Gasteiger partial charge in [-0.25, -0.2) is 4.79 Å². The number of H-pyrrole nitrogens is 1. The number of hydrogen-bond donors (Lipinski definition) is 1. The molecule has 174 valence electrons. The summed E-state index contributed by atoms with van der Waals surface area (Å²) in [7, 11) is 3.23. The summed E-state index contributed by atoms with van der Waals surface area (Å²) in [6.07, 6.45) is 0.687. The number of nitrogens with one attached hydrogen (secondary N) is 1. The van der Waals surface area contributed by atoms with E-state index >= 15 is 0 Å². The standard InChI is InChI=1S/C25H28N2O5S/c1-6-32-25(29)21-14(2)22(26-15(21)3)24(28)27-10-9-16-12-18(30-4)19(31-5)13-17(16)23(27)20-8-7-11-33-20/h7-8,11-13,23,26H,6,9-10H2,1-5H3. The molecule has 0 radical (unpaired) electrons. The van der Waals surface area contributed by atoms with Crippen molar-refractivity contribution in [3.63, 3.8) is 0 Å². The Morgan fingerprint density at radius 3 is 2.55 bits per heavy atom. The number of fused-ring (bicyclic) bond motifs is 1. The van der Waals surface area contributed by atoms with Crippen molar-refractivity contribution in [2.45, 2.75) is 33.2 Å². The molecule has 0 aliphatic carbocycles. The quantitative estimate of drug-likeness (QED) is 0.532. The highest BCUT2D eigenvalue weighted by Crippen LogP contribution is 2.43. The number of thiophene rings is 1. The topological polar surface area (TPSA) is 80.9 Å². The van der Waals surface area contributed by atoms with Crippen LogP contribution in [0, 0.1) is 13.8 Å². The van der Waals surface area contributed by atoms with E-state index in [1.165, 1.54) is 0 Å². The van der Waals surface area contributed by atoms with E-state index in [0.29, 0.717) is 47.0 Å². The van der Waals surface area contributed by atoms with E-state index in [9.17, 15) is 9.59 Å². The van der Waals surface area contributed by atoms with Gasteiger partial charge in [-0.3, -0.25) is 4.79 Å². The lowest BCUT2D eigenvalue weighted by Gasteiger charge is -2.37. The van der Waals surface area contributed by atoms with Crippen molar-refractivity contribution in [3.05, 3.63) is 68.2 Å². The molecule has 33 heavy (non-hydrogen) atoms. The van der Waals surface area contributed by atoms with Crippen molar-refractivity contribution in [2.24, 2.45) is 0 Å². The lowest BCUT2D eigenvalue weighted by molar-refractivity contribution is 0.0525. The summed E-state index contributed by atoms with van der Waals surface area (Å²) in [5, 5.41) is 2.01. The molecule has 1 atom stereocenters. The fourth-order valence-electron chi connectivity index (χ4n) is 4.54. The third kappa shape index (κ3) is 3.99. The molecule has 1 N–H and O–H groups in total. The van der Waals surface area contributed by atoms with Crippen molar-refractivity contribution in [2.75, 3.05) is 27.4 Å². The molecule has 1 aliphatic heterocycles. The number of aromatic amines is 1. The number of rotatable bonds is 6. The maximum absolute atomic E-state index is 13.9. The Labute approximate surface area is 197 Å². The van der Waals surface area contributed by atoms with E-state index < -0.39 is 5.97 Å². The smallest absolute Gasteiger partial charge is 0.340 e. The molecule has 0 bridgehead atoms. The highest BCUT2D eigenvalue weighted by atomic mass is 32.1. The van der Waals surface area contributed by atoms with Gasteiger partial charge in [-0.2, -0.15) is 0 Å². The number of aromatic nitrogens is 1. The van der Waals surface area contributed by atoms with Crippen LogP contribution in [0.2, 0.25) is 0 Å². The predicted octanol–water partition coefficient (Wildman–Crippen LogP) is 4.67. The third-order valence-electron chi connectivity index (χ3n) is 6.08. The Kier molecular flexibility index (Phi) is 6.47. The number of aryl methyl sites for hydroxylation is 1. The Bertz CT molecular complexity index is 1180. The Morgan fingerprint density at radius 2 is 1.91 bits per heavy atom. The number of amides is 1. The van der Waals surface area contributed by atoms with Crippen LogP contribution in [0.1, 0.15) is 61.1 Å². The number of ether oxygens (including phenoxy) is 3. The number of carbonyl (C=O) groups is 2. The monoisotopic (exact) mass is 468 g/mol. The van der Waals surface area contributed by atoms with E-state index in [2.05, 4.69) is 4.98 Å². The Morgan fingerprint density at radius 1 is 1.18 bits per heavy atom. The molecule has 0 spiro atoms. The van der Waals surface area contributed by atoms with Crippen LogP contribution in [0.15, 0.2) is 29.6 Å². The first-order chi connectivity index (χ1) is 15.9. The van der Waals surface area contributed by atoms with Gasteiger partial charge >= 0.3 is 5.97 Å². The molecule has 0 saturated carbocycles. The van der Waals surface area contributed by atoms with Crippen LogP contribution in [-0.2, 0) is 11.2 Å². The minimum absolute atomic E-state index is 0.148. The zero-order valence-electron chi connectivity index (χ0n) is 19.5. The summed E-state index contributed by atoms with van der Waals surface area (Å²) in [6.45, 7) is 6.16. The number of nitrogens with zero attached hydrogens (tertiary/aromatic N) is 1. The molecular formula is C25H28N2O5S. The summed E-state index contributed by atoms with van der Waals surface area (Å²) in [6, 6.07) is 7.72. The first kappa shape index (κ1) is 22.9. The predicted molar refractivity (Wildman–Crippen MR) is 127 cm³/mol. The summed E-state index contributed by atoms with van der Waals surface area (Å²) in [4.78, 5) is 32.4. The SMILES string of the molecule is CCOC(=O)c1c(C)[nH]c(C(=O)N2CCc3cc(OC)c(OC)cc3C2c2cccs2)c1C. The number of hydrogen-bond acceptors (Lipinski definition) is 6. The molecule has 0 saturated heterocycles. The van der Waals surface area contributed by atoms with Gasteiger partial charge in [0.25, 0.3) is 5.91 Å². The van der Waals surface area contributed by atoms with Crippen molar-refractivity contribution in [1.82, 2.24) is 9.88 Å². The molecule has 1 aliphatic rings. The van der Waals surface area contributed by atoms with Crippen molar-refractivity contribution >= 4 is 23.2 Å². The maximum Gasteiger partial charge on any atom is 0.340 e. The maximum atomic E-state index is 13.9. The van der Waals surface area contributed by atoms with Gasteiger partial charge in [0.1, 0.15) is 5.69 Å². The van der Waals surface area contributed by atoms with Gasteiger partial charge in [-0.15, -0.1) is 11.3 Å². The first-order valence-electron chi connectivity index (χ1n) is 10.9. The number of esters is 1. The number of benzene rings is 1. The summed E-state index contributed by atoms with van der Waals surface area (Å²) in [5.41, 5.74) is 4.23. The van der Waals surface area contributed by atoms with Gasteiger partial charge in [0, 0.05) is 17.1 Å². The molecule has 1 unspecified atom stereocenters. The summed E-state index contributed by atoms with van der Waals surface area (Å²) < 4.78 is 16.2. The lowest BCUT2D eigenvalue weighted by Crippen LogP contribution is -2.40. The van der Waals surface area contributed by atoms with Crippen LogP contribution >= 0.6 is 11.3 Å². The van der Waals surface area contributed by atoms with Gasteiger partial charge in [-0.05, 0) is 67.5 Å². The van der Waals surface area contributed by atoms with Crippen LogP contribution in [-0.4, -0.2) is 49.1 Å². The fourth-order valence-corrected chi connectivity index (χ4v) is 5.39. The number of carbonyl (C=O) groups excluding carboxylic acids is 2. The van der Waals surface area contributed by atoms with E-state index in [0.717, 1.165) is 16.0 Å². The van der Waals surface area contributed by atoms with Crippen molar-refractivity contribution in [3.8, 4) is 11.5 Å². The van der Waals surface area contributed by atoms with E-state index in [1.54, 1.807) is 46.3 Å². The molecule has 4 rings (SSSR count). The van der Waals surface area contributed by atoms with Crippen molar-refractivity contribution < 1.29 is 23.8 Å². The minimum Gasteiger partial charge on any atom is -0.493 e. The van der Waals surface area contributed by atoms with Gasteiger partial charge < -0.3 is 24.1 Å². The zero-order valence-corrected chi connectivity index (χ0v) is 20.3. The molecule has 1 amide bonds. The van der Waals surface area contributed by atoms with E-state index in [4.69, 9.17) is 14.2 Å². The molecule has 7 nitrogen and oxygen atoms in total. The van der Waals surface area contributed by atoms with Gasteiger partial charge in [0.15, 0.2) is 11.5 Å².